The number of nitro benzene ring substituents is 1. The Labute approximate surface area is 123 Å². The number of carbonyl (C=O) groups is 1. The van der Waals surface area contributed by atoms with Crippen LogP contribution in [0.3, 0.4) is 0 Å². The highest BCUT2D eigenvalue weighted by Crippen LogP contribution is 2.21. The van der Waals surface area contributed by atoms with Gasteiger partial charge in [0.15, 0.2) is 0 Å². The SMILES string of the molecule is O=C(Cc1ccc([N+](=O)[O-])cc1)Nc1ccccc1Br. The molecule has 0 saturated carbocycles. The van der Waals surface area contributed by atoms with Gasteiger partial charge in [0.2, 0.25) is 5.91 Å². The molecule has 6 heteroatoms. The number of anilines is 1. The van der Waals surface area contributed by atoms with Crippen LogP contribution in [0.1, 0.15) is 5.56 Å². The fourth-order valence-electron chi connectivity index (χ4n) is 1.68. The highest BCUT2D eigenvalue weighted by molar-refractivity contribution is 9.10. The maximum Gasteiger partial charge on any atom is 0.269 e. The Hall–Kier alpha value is -2.21. The lowest BCUT2D eigenvalue weighted by Crippen LogP contribution is -2.14. The van der Waals surface area contributed by atoms with Gasteiger partial charge in [-0.05, 0) is 33.6 Å². The molecule has 0 aliphatic heterocycles. The maximum absolute atomic E-state index is 11.9. The second-order valence-corrected chi connectivity index (χ2v) is 4.98. The van der Waals surface area contributed by atoms with Crippen LogP contribution in [0.2, 0.25) is 0 Å². The summed E-state index contributed by atoms with van der Waals surface area (Å²) in [4.78, 5) is 22.0. The molecule has 5 nitrogen and oxygen atoms in total. The lowest BCUT2D eigenvalue weighted by atomic mass is 10.1. The van der Waals surface area contributed by atoms with Gasteiger partial charge in [0.25, 0.3) is 5.69 Å². The zero-order valence-electron chi connectivity index (χ0n) is 10.4. The molecule has 0 saturated heterocycles. The summed E-state index contributed by atoms with van der Waals surface area (Å²) in [6, 6.07) is 13.2. The van der Waals surface area contributed by atoms with Gasteiger partial charge in [0.05, 0.1) is 17.0 Å². The molecule has 0 unspecified atom stereocenters. The molecule has 0 aromatic heterocycles. The van der Waals surface area contributed by atoms with Gasteiger partial charge in [-0.3, -0.25) is 14.9 Å². The van der Waals surface area contributed by atoms with Crippen molar-refractivity contribution >= 4 is 33.2 Å². The molecule has 0 fully saturated rings. The first-order valence-corrected chi connectivity index (χ1v) is 6.63. The van der Waals surface area contributed by atoms with E-state index < -0.39 is 4.92 Å². The van der Waals surface area contributed by atoms with Crippen molar-refractivity contribution < 1.29 is 9.72 Å². The van der Waals surface area contributed by atoms with Gasteiger partial charge in [0, 0.05) is 16.6 Å². The first-order chi connectivity index (χ1) is 9.56. The van der Waals surface area contributed by atoms with Crippen LogP contribution in [0.25, 0.3) is 0 Å². The second kappa shape index (κ2) is 6.29. The molecule has 0 aliphatic rings. The zero-order valence-corrected chi connectivity index (χ0v) is 12.0. The van der Waals surface area contributed by atoms with Gasteiger partial charge in [-0.2, -0.15) is 0 Å². The molecule has 0 aliphatic carbocycles. The van der Waals surface area contributed by atoms with Gasteiger partial charge in [-0.25, -0.2) is 0 Å². The van der Waals surface area contributed by atoms with E-state index in [1.807, 2.05) is 18.2 Å². The van der Waals surface area contributed by atoms with Crippen molar-refractivity contribution in [3.63, 3.8) is 0 Å². The number of amides is 1. The van der Waals surface area contributed by atoms with Crippen LogP contribution in [-0.2, 0) is 11.2 Å². The zero-order chi connectivity index (χ0) is 14.5. The summed E-state index contributed by atoms with van der Waals surface area (Å²) >= 11 is 3.35. The van der Waals surface area contributed by atoms with Crippen molar-refractivity contribution in [1.29, 1.82) is 0 Å². The predicted molar refractivity (Wildman–Crippen MR) is 79.6 cm³/mol. The van der Waals surface area contributed by atoms with E-state index in [9.17, 15) is 14.9 Å². The van der Waals surface area contributed by atoms with Crippen molar-refractivity contribution in [2.24, 2.45) is 0 Å². The summed E-state index contributed by atoms with van der Waals surface area (Å²) in [7, 11) is 0. The minimum atomic E-state index is -0.467. The van der Waals surface area contributed by atoms with Gasteiger partial charge >= 0.3 is 0 Å². The van der Waals surface area contributed by atoms with E-state index in [1.165, 1.54) is 12.1 Å². The molecule has 1 N–H and O–H groups in total. The summed E-state index contributed by atoms with van der Waals surface area (Å²) in [6.45, 7) is 0. The Balaban J connectivity index is 2.01. The third-order valence-corrected chi connectivity index (χ3v) is 3.35. The van der Waals surface area contributed by atoms with E-state index in [0.29, 0.717) is 5.69 Å². The van der Waals surface area contributed by atoms with Crippen LogP contribution in [-0.4, -0.2) is 10.8 Å². The summed E-state index contributed by atoms with van der Waals surface area (Å²) < 4.78 is 0.803. The lowest BCUT2D eigenvalue weighted by Gasteiger charge is -2.07. The number of halogens is 1. The summed E-state index contributed by atoms with van der Waals surface area (Å²) in [6.07, 6.45) is 0.166. The second-order valence-electron chi connectivity index (χ2n) is 4.13. The fourth-order valence-corrected chi connectivity index (χ4v) is 2.06. The van der Waals surface area contributed by atoms with Crippen LogP contribution in [0.5, 0.6) is 0 Å². The highest BCUT2D eigenvalue weighted by atomic mass is 79.9. The molecule has 2 rings (SSSR count). The molecule has 2 aromatic carbocycles. The Kier molecular flexibility index (Phi) is 4.47. The van der Waals surface area contributed by atoms with E-state index in [1.54, 1.807) is 18.2 Å². The molecule has 0 spiro atoms. The molecule has 0 heterocycles. The molecular formula is C14H11BrN2O3. The number of rotatable bonds is 4. The number of para-hydroxylation sites is 1. The van der Waals surface area contributed by atoms with Crippen LogP contribution in [0, 0.1) is 10.1 Å². The third-order valence-electron chi connectivity index (χ3n) is 2.66. The van der Waals surface area contributed by atoms with Crippen LogP contribution < -0.4 is 5.32 Å². The van der Waals surface area contributed by atoms with Crippen molar-refractivity contribution in [3.05, 3.63) is 68.7 Å². The van der Waals surface area contributed by atoms with Crippen molar-refractivity contribution in [2.45, 2.75) is 6.42 Å². The smallest absolute Gasteiger partial charge is 0.269 e. The maximum atomic E-state index is 11.9. The molecule has 0 radical (unpaired) electrons. The number of nitrogens with zero attached hydrogens (tertiary/aromatic N) is 1. The number of hydrogen-bond acceptors (Lipinski definition) is 3. The molecule has 1 amide bonds. The predicted octanol–water partition coefficient (Wildman–Crippen LogP) is 3.54. The Bertz CT molecular complexity index is 641. The standard InChI is InChI=1S/C14H11BrN2O3/c15-12-3-1-2-4-13(12)16-14(18)9-10-5-7-11(8-6-10)17(19)20/h1-8H,9H2,(H,16,18). The number of non-ortho nitro benzene ring substituents is 1. The van der Waals surface area contributed by atoms with E-state index >= 15 is 0 Å². The van der Waals surface area contributed by atoms with Crippen molar-refractivity contribution in [1.82, 2.24) is 0 Å². The van der Waals surface area contributed by atoms with E-state index in [-0.39, 0.29) is 18.0 Å². The fraction of sp³-hybridized carbons (Fsp3) is 0.0714. The molecule has 2 aromatic rings. The van der Waals surface area contributed by atoms with E-state index in [2.05, 4.69) is 21.2 Å². The third kappa shape index (κ3) is 3.64. The van der Waals surface area contributed by atoms with E-state index in [4.69, 9.17) is 0 Å². The van der Waals surface area contributed by atoms with Gasteiger partial charge < -0.3 is 5.32 Å². The molecule has 0 bridgehead atoms. The quantitative estimate of drug-likeness (QED) is 0.686. The summed E-state index contributed by atoms with van der Waals surface area (Å²) in [5.74, 6) is -0.175. The summed E-state index contributed by atoms with van der Waals surface area (Å²) in [5, 5.41) is 13.3. The number of benzene rings is 2. The summed E-state index contributed by atoms with van der Waals surface area (Å²) in [5.41, 5.74) is 1.43. The Morgan fingerprint density at radius 3 is 2.40 bits per heavy atom. The van der Waals surface area contributed by atoms with Crippen LogP contribution in [0.4, 0.5) is 11.4 Å². The van der Waals surface area contributed by atoms with Gasteiger partial charge in [-0.1, -0.05) is 24.3 Å². The number of nitro groups is 1. The molecule has 102 valence electrons. The van der Waals surface area contributed by atoms with E-state index in [0.717, 1.165) is 10.0 Å². The molecule has 20 heavy (non-hydrogen) atoms. The monoisotopic (exact) mass is 334 g/mol. The molecule has 0 atom stereocenters. The largest absolute Gasteiger partial charge is 0.325 e. The minimum absolute atomic E-state index is 0.0139. The number of carbonyl (C=O) groups excluding carboxylic acids is 1. The Morgan fingerprint density at radius 1 is 1.15 bits per heavy atom. The normalized spacial score (nSPS) is 10.1. The minimum Gasteiger partial charge on any atom is -0.325 e. The lowest BCUT2D eigenvalue weighted by molar-refractivity contribution is -0.384. The molecular weight excluding hydrogens is 324 g/mol. The van der Waals surface area contributed by atoms with Gasteiger partial charge in [-0.15, -0.1) is 0 Å². The average molecular weight is 335 g/mol. The first kappa shape index (κ1) is 14.2. The highest BCUT2D eigenvalue weighted by Gasteiger charge is 2.08. The number of nitrogens with one attached hydrogen (secondary N) is 1. The first-order valence-electron chi connectivity index (χ1n) is 5.84. The number of hydrogen-bond donors (Lipinski definition) is 1. The average Bonchev–Trinajstić information content (AvgIpc) is 2.42. The van der Waals surface area contributed by atoms with Gasteiger partial charge in [0.1, 0.15) is 0 Å². The van der Waals surface area contributed by atoms with Crippen LogP contribution >= 0.6 is 15.9 Å². The van der Waals surface area contributed by atoms with Crippen molar-refractivity contribution in [2.75, 3.05) is 5.32 Å². The topological polar surface area (TPSA) is 72.2 Å². The van der Waals surface area contributed by atoms with Crippen molar-refractivity contribution in [3.8, 4) is 0 Å². The van der Waals surface area contributed by atoms with Crippen LogP contribution in [0.15, 0.2) is 53.0 Å². The Morgan fingerprint density at radius 2 is 1.80 bits per heavy atom.